The molecule has 2 heterocycles. The number of nitrogens with one attached hydrogen (secondary N) is 1. The molecule has 0 bridgehead atoms. The topological polar surface area (TPSA) is 35.6 Å². The van der Waals surface area contributed by atoms with Crippen molar-refractivity contribution in [2.45, 2.75) is 50.2 Å². The summed E-state index contributed by atoms with van der Waals surface area (Å²) in [5.74, 6) is 0.335. The molecule has 1 N–H and O–H groups in total. The van der Waals surface area contributed by atoms with Crippen LogP contribution in [0.3, 0.4) is 0 Å². The molecule has 4 heteroatoms. The number of likely N-dealkylation sites (tertiary alicyclic amines) is 2. The number of carbonyl (C=O) groups is 1. The number of rotatable bonds is 3. The zero-order valence-corrected chi connectivity index (χ0v) is 10.7. The minimum atomic E-state index is 0.0683. The lowest BCUT2D eigenvalue weighted by atomic mass is 10.0. The summed E-state index contributed by atoms with van der Waals surface area (Å²) in [4.78, 5) is 17.0. The number of hydrogen-bond donors (Lipinski definition) is 1. The Morgan fingerprint density at radius 3 is 2.65 bits per heavy atom. The van der Waals surface area contributed by atoms with E-state index >= 15 is 0 Å². The van der Waals surface area contributed by atoms with Gasteiger partial charge in [0.15, 0.2) is 0 Å². The van der Waals surface area contributed by atoms with Crippen molar-refractivity contribution in [1.29, 1.82) is 0 Å². The molecule has 2 aliphatic heterocycles. The van der Waals surface area contributed by atoms with E-state index in [0.29, 0.717) is 11.9 Å². The summed E-state index contributed by atoms with van der Waals surface area (Å²) < 4.78 is 0. The molecule has 96 valence electrons. The molecule has 0 aromatic heterocycles. The van der Waals surface area contributed by atoms with E-state index < -0.39 is 0 Å². The van der Waals surface area contributed by atoms with E-state index in [0.717, 1.165) is 32.0 Å². The second-order valence-corrected chi connectivity index (χ2v) is 5.68. The Bertz CT molecular complexity index is 303. The van der Waals surface area contributed by atoms with Gasteiger partial charge in [0, 0.05) is 31.7 Å². The van der Waals surface area contributed by atoms with Crippen LogP contribution in [0.2, 0.25) is 0 Å². The van der Waals surface area contributed by atoms with Gasteiger partial charge in [-0.2, -0.15) is 0 Å². The van der Waals surface area contributed by atoms with Gasteiger partial charge in [0.2, 0.25) is 5.91 Å². The van der Waals surface area contributed by atoms with E-state index in [1.165, 1.54) is 25.8 Å². The van der Waals surface area contributed by atoms with Crippen molar-refractivity contribution in [1.82, 2.24) is 15.1 Å². The van der Waals surface area contributed by atoms with Crippen LogP contribution in [0.1, 0.15) is 32.1 Å². The Morgan fingerprint density at radius 2 is 1.94 bits per heavy atom. The molecular formula is C13H23N3O. The third kappa shape index (κ3) is 2.20. The fourth-order valence-corrected chi connectivity index (χ4v) is 3.32. The fraction of sp³-hybridized carbons (Fsp3) is 0.923. The summed E-state index contributed by atoms with van der Waals surface area (Å²) >= 11 is 0. The zero-order chi connectivity index (χ0) is 11.8. The number of carbonyl (C=O) groups excluding carboxylic acids is 1. The van der Waals surface area contributed by atoms with Crippen molar-refractivity contribution in [3.63, 3.8) is 0 Å². The molecule has 0 aromatic carbocycles. The molecule has 0 aromatic rings. The molecule has 1 saturated carbocycles. The quantitative estimate of drug-likeness (QED) is 0.773. The first-order valence-corrected chi connectivity index (χ1v) is 7.01. The maximum atomic E-state index is 12.3. The average Bonchev–Trinajstić information content (AvgIpc) is 3.08. The highest BCUT2D eigenvalue weighted by molar-refractivity contribution is 5.83. The van der Waals surface area contributed by atoms with E-state index in [-0.39, 0.29) is 6.04 Å². The van der Waals surface area contributed by atoms with E-state index in [1.54, 1.807) is 0 Å². The summed E-state index contributed by atoms with van der Waals surface area (Å²) in [5, 5.41) is 3.15. The second kappa shape index (κ2) is 4.58. The van der Waals surface area contributed by atoms with Crippen molar-refractivity contribution in [2.75, 3.05) is 26.7 Å². The Balaban J connectivity index is 1.61. The molecular weight excluding hydrogens is 214 g/mol. The van der Waals surface area contributed by atoms with Crippen molar-refractivity contribution >= 4 is 5.91 Å². The van der Waals surface area contributed by atoms with Gasteiger partial charge in [-0.15, -0.1) is 0 Å². The van der Waals surface area contributed by atoms with Crippen LogP contribution < -0.4 is 5.32 Å². The number of nitrogens with zero attached hydrogens (tertiary/aromatic N) is 2. The van der Waals surface area contributed by atoms with Gasteiger partial charge in [-0.05, 0) is 39.2 Å². The van der Waals surface area contributed by atoms with Crippen molar-refractivity contribution in [3.05, 3.63) is 0 Å². The number of piperidine rings is 1. The van der Waals surface area contributed by atoms with Gasteiger partial charge in [-0.3, -0.25) is 9.69 Å². The van der Waals surface area contributed by atoms with Gasteiger partial charge in [0.1, 0.15) is 0 Å². The third-order valence-corrected chi connectivity index (χ3v) is 4.52. The highest BCUT2D eigenvalue weighted by Crippen LogP contribution is 2.31. The SMILES string of the molecule is CNC1CCCN(C2CCN(C3CC3)C2)C1=O. The van der Waals surface area contributed by atoms with E-state index in [1.807, 2.05) is 7.05 Å². The van der Waals surface area contributed by atoms with Crippen LogP contribution in [0.15, 0.2) is 0 Å². The largest absolute Gasteiger partial charge is 0.337 e. The minimum absolute atomic E-state index is 0.0683. The summed E-state index contributed by atoms with van der Waals surface area (Å²) in [6, 6.07) is 1.40. The van der Waals surface area contributed by atoms with Crippen LogP contribution in [0, 0.1) is 0 Å². The molecule has 3 rings (SSSR count). The van der Waals surface area contributed by atoms with Crippen LogP contribution in [0.4, 0.5) is 0 Å². The number of amides is 1. The molecule has 2 atom stereocenters. The van der Waals surface area contributed by atoms with Gasteiger partial charge in [0.05, 0.1) is 6.04 Å². The molecule has 4 nitrogen and oxygen atoms in total. The second-order valence-electron chi connectivity index (χ2n) is 5.68. The fourth-order valence-electron chi connectivity index (χ4n) is 3.32. The number of likely N-dealkylation sites (N-methyl/N-ethyl adjacent to an activating group) is 1. The van der Waals surface area contributed by atoms with E-state index in [4.69, 9.17) is 0 Å². The molecule has 3 aliphatic rings. The van der Waals surface area contributed by atoms with Crippen molar-refractivity contribution in [2.24, 2.45) is 0 Å². The van der Waals surface area contributed by atoms with Crippen LogP contribution in [0.5, 0.6) is 0 Å². The van der Waals surface area contributed by atoms with Gasteiger partial charge in [-0.1, -0.05) is 0 Å². The first-order valence-electron chi connectivity index (χ1n) is 7.01. The first kappa shape index (κ1) is 11.5. The lowest BCUT2D eigenvalue weighted by Crippen LogP contribution is -2.54. The first-order chi connectivity index (χ1) is 8.29. The summed E-state index contributed by atoms with van der Waals surface area (Å²) in [7, 11) is 1.90. The standard InChI is InChI=1S/C13H23N3O/c1-14-12-3-2-7-16(13(12)17)11-6-8-15(9-11)10-4-5-10/h10-12,14H,2-9H2,1H3. The molecule has 0 spiro atoms. The van der Waals surface area contributed by atoms with Crippen LogP contribution in [-0.2, 0) is 4.79 Å². The zero-order valence-electron chi connectivity index (χ0n) is 10.7. The lowest BCUT2D eigenvalue weighted by Gasteiger charge is -2.36. The summed E-state index contributed by atoms with van der Waals surface area (Å²) in [6.45, 7) is 3.29. The van der Waals surface area contributed by atoms with Crippen LogP contribution in [0.25, 0.3) is 0 Å². The molecule has 0 radical (unpaired) electrons. The molecule has 3 fully saturated rings. The van der Waals surface area contributed by atoms with Gasteiger partial charge in [-0.25, -0.2) is 0 Å². The summed E-state index contributed by atoms with van der Waals surface area (Å²) in [6.07, 6.45) is 6.08. The van der Waals surface area contributed by atoms with Gasteiger partial charge in [0.25, 0.3) is 0 Å². The maximum Gasteiger partial charge on any atom is 0.239 e. The average molecular weight is 237 g/mol. The molecule has 1 amide bonds. The predicted molar refractivity (Wildman–Crippen MR) is 66.8 cm³/mol. The normalized spacial score (nSPS) is 35.6. The Hall–Kier alpha value is -0.610. The smallest absolute Gasteiger partial charge is 0.239 e. The Kier molecular flexibility index (Phi) is 3.09. The molecule has 2 saturated heterocycles. The van der Waals surface area contributed by atoms with Crippen molar-refractivity contribution in [3.8, 4) is 0 Å². The monoisotopic (exact) mass is 237 g/mol. The van der Waals surface area contributed by atoms with E-state index in [9.17, 15) is 4.79 Å². The molecule has 1 aliphatic carbocycles. The van der Waals surface area contributed by atoms with E-state index in [2.05, 4.69) is 15.1 Å². The maximum absolute atomic E-state index is 12.3. The Morgan fingerprint density at radius 1 is 1.12 bits per heavy atom. The highest BCUT2D eigenvalue weighted by Gasteiger charge is 2.39. The van der Waals surface area contributed by atoms with Gasteiger partial charge < -0.3 is 10.2 Å². The third-order valence-electron chi connectivity index (χ3n) is 4.52. The lowest BCUT2D eigenvalue weighted by molar-refractivity contribution is -0.138. The van der Waals surface area contributed by atoms with Crippen LogP contribution in [-0.4, -0.2) is 60.5 Å². The van der Waals surface area contributed by atoms with Gasteiger partial charge >= 0.3 is 0 Å². The van der Waals surface area contributed by atoms with Crippen LogP contribution >= 0.6 is 0 Å². The summed E-state index contributed by atoms with van der Waals surface area (Å²) in [5.41, 5.74) is 0. The predicted octanol–water partition coefficient (Wildman–Crippen LogP) is 0.433. The molecule has 17 heavy (non-hydrogen) atoms. The minimum Gasteiger partial charge on any atom is -0.337 e. The molecule has 2 unspecified atom stereocenters. The number of hydrogen-bond acceptors (Lipinski definition) is 3. The Labute approximate surface area is 103 Å². The van der Waals surface area contributed by atoms with Crippen molar-refractivity contribution < 1.29 is 4.79 Å². The highest BCUT2D eigenvalue weighted by atomic mass is 16.2.